The van der Waals surface area contributed by atoms with E-state index in [4.69, 9.17) is 8.85 Å². The van der Waals surface area contributed by atoms with E-state index in [9.17, 15) is 0 Å². The summed E-state index contributed by atoms with van der Waals surface area (Å²) in [5, 5.41) is 5.10. The van der Waals surface area contributed by atoms with E-state index in [1.54, 1.807) is 0 Å². The molecule has 0 saturated carbocycles. The van der Waals surface area contributed by atoms with Gasteiger partial charge in [-0.1, -0.05) is 175 Å². The van der Waals surface area contributed by atoms with E-state index in [0.29, 0.717) is 13.2 Å². The molecule has 0 radical (unpaired) electrons. The van der Waals surface area contributed by atoms with Crippen LogP contribution < -0.4 is 20.7 Å². The molecule has 4 heteroatoms. The van der Waals surface area contributed by atoms with Crippen molar-refractivity contribution in [2.24, 2.45) is 5.41 Å². The first-order valence-corrected chi connectivity index (χ1v) is 18.6. The summed E-state index contributed by atoms with van der Waals surface area (Å²) in [6.45, 7) is 15.2. The largest absolute Gasteiger partial charge is 0.406 e. The van der Waals surface area contributed by atoms with Crippen molar-refractivity contribution in [1.82, 2.24) is 0 Å². The fourth-order valence-corrected chi connectivity index (χ4v) is 15.6. The Bertz CT molecular complexity index is 1250. The third kappa shape index (κ3) is 5.59. The Morgan fingerprint density at radius 3 is 0.878 bits per heavy atom. The second kappa shape index (κ2) is 11.3. The molecule has 0 bridgehead atoms. The molecule has 0 N–H and O–H groups in total. The highest BCUT2D eigenvalue weighted by molar-refractivity contribution is 7.00. The van der Waals surface area contributed by atoms with Crippen LogP contribution in [-0.4, -0.2) is 29.8 Å². The maximum Gasteiger partial charge on any atom is 0.261 e. The molecule has 5 rings (SSSR count). The van der Waals surface area contributed by atoms with Crippen LogP contribution in [0.4, 0.5) is 0 Å². The van der Waals surface area contributed by atoms with E-state index in [1.807, 2.05) is 0 Å². The topological polar surface area (TPSA) is 18.5 Å². The van der Waals surface area contributed by atoms with Crippen molar-refractivity contribution >= 4 is 37.4 Å². The van der Waals surface area contributed by atoms with E-state index in [-0.39, 0.29) is 15.5 Å². The summed E-state index contributed by atoms with van der Waals surface area (Å²) in [4.78, 5) is 0. The number of benzene rings is 4. The molecule has 0 spiro atoms. The molecular weight excluding hydrogens is 533 g/mol. The zero-order chi connectivity index (χ0) is 29.2. The number of hydrogen-bond donors (Lipinski definition) is 0. The van der Waals surface area contributed by atoms with Gasteiger partial charge in [-0.25, -0.2) is 0 Å². The minimum atomic E-state index is -2.64. The number of rotatable bonds is 10. The van der Waals surface area contributed by atoms with Crippen LogP contribution in [0.15, 0.2) is 133 Å². The molecule has 0 amide bonds. The Labute approximate surface area is 249 Å². The van der Waals surface area contributed by atoms with Gasteiger partial charge < -0.3 is 8.85 Å². The molecule has 0 atom stereocenters. The van der Waals surface area contributed by atoms with Gasteiger partial charge in [0.1, 0.15) is 0 Å². The maximum absolute atomic E-state index is 7.37. The van der Waals surface area contributed by atoms with Crippen molar-refractivity contribution in [3.05, 3.63) is 133 Å². The summed E-state index contributed by atoms with van der Waals surface area (Å²) in [5.74, 6) is 0. The fourth-order valence-electron chi connectivity index (χ4n) is 6.36. The minimum Gasteiger partial charge on any atom is -0.406 e. The third-order valence-electron chi connectivity index (χ3n) is 8.59. The first-order chi connectivity index (χ1) is 19.5. The van der Waals surface area contributed by atoms with Crippen molar-refractivity contribution in [3.8, 4) is 0 Å². The summed E-state index contributed by atoms with van der Waals surface area (Å²) in [5.41, 5.74) is -0.208. The predicted octanol–water partition coefficient (Wildman–Crippen LogP) is 6.70. The van der Waals surface area contributed by atoms with Crippen LogP contribution in [-0.2, 0) is 8.85 Å². The first-order valence-electron chi connectivity index (χ1n) is 14.7. The monoisotopic (exact) mass is 576 g/mol. The molecule has 0 unspecified atom stereocenters. The SMILES string of the molecule is CC(C)(C)[Si](OCC1(CO[Si](c2ccccc2)(c2ccccc2)C(C)(C)C)C=C1)(c1ccccc1)c1ccccc1. The van der Waals surface area contributed by atoms with Gasteiger partial charge in [-0.05, 0) is 30.8 Å². The molecule has 4 aromatic carbocycles. The van der Waals surface area contributed by atoms with Crippen LogP contribution in [0.2, 0.25) is 10.1 Å². The molecule has 0 fully saturated rings. The lowest BCUT2D eigenvalue weighted by Crippen LogP contribution is -2.68. The maximum atomic E-state index is 7.37. The van der Waals surface area contributed by atoms with Crippen LogP contribution in [0, 0.1) is 5.41 Å². The van der Waals surface area contributed by atoms with Gasteiger partial charge in [0.05, 0.1) is 5.41 Å². The Kier molecular flexibility index (Phi) is 8.15. The van der Waals surface area contributed by atoms with Crippen LogP contribution in [0.1, 0.15) is 41.5 Å². The van der Waals surface area contributed by atoms with Crippen molar-refractivity contribution in [2.45, 2.75) is 51.6 Å². The average molecular weight is 577 g/mol. The smallest absolute Gasteiger partial charge is 0.261 e. The quantitative estimate of drug-likeness (QED) is 0.155. The second-order valence-corrected chi connectivity index (χ2v) is 22.1. The molecule has 0 heterocycles. The van der Waals surface area contributed by atoms with Gasteiger partial charge in [-0.2, -0.15) is 0 Å². The highest BCUT2D eigenvalue weighted by Gasteiger charge is 2.54. The van der Waals surface area contributed by atoms with Crippen LogP contribution in [0.3, 0.4) is 0 Å². The number of hydrogen-bond acceptors (Lipinski definition) is 2. The van der Waals surface area contributed by atoms with E-state index >= 15 is 0 Å². The van der Waals surface area contributed by atoms with E-state index < -0.39 is 16.6 Å². The summed E-state index contributed by atoms with van der Waals surface area (Å²) >= 11 is 0. The highest BCUT2D eigenvalue weighted by atomic mass is 28.4. The highest BCUT2D eigenvalue weighted by Crippen LogP contribution is 2.44. The summed E-state index contributed by atoms with van der Waals surface area (Å²) < 4.78 is 14.7. The van der Waals surface area contributed by atoms with Gasteiger partial charge >= 0.3 is 0 Å². The van der Waals surface area contributed by atoms with Gasteiger partial charge in [0, 0.05) is 13.2 Å². The van der Waals surface area contributed by atoms with Crippen LogP contribution in [0.25, 0.3) is 0 Å². The lowest BCUT2D eigenvalue weighted by molar-refractivity contribution is 0.165. The van der Waals surface area contributed by atoms with Gasteiger partial charge in [0.2, 0.25) is 0 Å². The molecular formula is C37H44O2Si2. The van der Waals surface area contributed by atoms with Crippen LogP contribution in [0.5, 0.6) is 0 Å². The fraction of sp³-hybridized carbons (Fsp3) is 0.297. The Morgan fingerprint density at radius 1 is 0.439 bits per heavy atom. The standard InChI is InChI=1S/C37H44O2Si2/c1-35(2,3)40(31-19-11-7-12-20-31,32-21-13-8-14-22-32)38-29-37(27-28-37)30-39-41(36(4,5)6,33-23-15-9-16-24-33)34-25-17-10-18-26-34/h7-28H,29-30H2,1-6H3. The minimum absolute atomic E-state index is 0.0648. The molecule has 41 heavy (non-hydrogen) atoms. The second-order valence-electron chi connectivity index (χ2n) is 13.5. The normalized spacial score (nSPS) is 15.1. The van der Waals surface area contributed by atoms with Gasteiger partial charge in [-0.15, -0.1) is 0 Å². The lowest BCUT2D eigenvalue weighted by atomic mass is 10.1. The Morgan fingerprint density at radius 2 is 0.683 bits per heavy atom. The Balaban J connectivity index is 1.50. The summed E-state index contributed by atoms with van der Waals surface area (Å²) in [6, 6.07) is 43.6. The molecule has 0 aromatic heterocycles. The predicted molar refractivity (Wildman–Crippen MR) is 179 cm³/mol. The molecule has 4 aromatic rings. The van der Waals surface area contributed by atoms with Gasteiger partial charge in [0.25, 0.3) is 16.6 Å². The zero-order valence-corrected chi connectivity index (χ0v) is 27.4. The first kappa shape index (κ1) is 29.5. The van der Waals surface area contributed by atoms with Crippen molar-refractivity contribution in [2.75, 3.05) is 13.2 Å². The molecule has 1 aliphatic rings. The van der Waals surface area contributed by atoms with Crippen molar-refractivity contribution in [1.29, 1.82) is 0 Å². The molecule has 0 aliphatic heterocycles. The lowest BCUT2D eigenvalue weighted by Gasteiger charge is -2.45. The zero-order valence-electron chi connectivity index (χ0n) is 25.4. The van der Waals surface area contributed by atoms with Crippen molar-refractivity contribution < 1.29 is 8.85 Å². The summed E-state index contributed by atoms with van der Waals surface area (Å²) in [6.07, 6.45) is 4.59. The van der Waals surface area contributed by atoms with E-state index in [2.05, 4.69) is 175 Å². The van der Waals surface area contributed by atoms with E-state index in [1.165, 1.54) is 20.7 Å². The van der Waals surface area contributed by atoms with E-state index in [0.717, 1.165) is 0 Å². The Hall–Kier alpha value is -3.03. The summed E-state index contributed by atoms with van der Waals surface area (Å²) in [7, 11) is -5.29. The van der Waals surface area contributed by atoms with Gasteiger partial charge in [0.15, 0.2) is 0 Å². The average Bonchev–Trinajstić information content (AvgIpc) is 3.74. The molecule has 212 valence electrons. The molecule has 2 nitrogen and oxygen atoms in total. The molecule has 0 saturated heterocycles. The van der Waals surface area contributed by atoms with Gasteiger partial charge in [-0.3, -0.25) is 0 Å². The molecule has 1 aliphatic carbocycles. The van der Waals surface area contributed by atoms with Crippen LogP contribution >= 0.6 is 0 Å². The van der Waals surface area contributed by atoms with Crippen molar-refractivity contribution in [3.63, 3.8) is 0 Å². The third-order valence-corrected chi connectivity index (χ3v) is 18.6.